The first-order chi connectivity index (χ1) is 7.65. The molecule has 0 saturated heterocycles. The highest BCUT2D eigenvalue weighted by molar-refractivity contribution is 7.71. The highest BCUT2D eigenvalue weighted by Gasteiger charge is 2.06. The van der Waals surface area contributed by atoms with Crippen LogP contribution in [-0.2, 0) is 17.7 Å². The molecule has 1 rings (SSSR count). The van der Waals surface area contributed by atoms with Gasteiger partial charge in [-0.05, 0) is 18.6 Å². The molecular weight excluding hydrogens is 236 g/mol. The number of hydrogen-bond donors (Lipinski definition) is 1. The van der Waals surface area contributed by atoms with Gasteiger partial charge >= 0.3 is 0 Å². The largest absolute Gasteiger partial charge is 0.374 e. The molecule has 0 bridgehead atoms. The van der Waals surface area contributed by atoms with Crippen molar-refractivity contribution >= 4 is 12.2 Å². The van der Waals surface area contributed by atoms with E-state index in [1.165, 1.54) is 0 Å². The summed E-state index contributed by atoms with van der Waals surface area (Å²) in [4.78, 5) is 0. The standard InChI is InChI=1S/C9H15F2N3OS/c1-2-3-8-12-13-9(16)14(8)4-5-15-6-7(10)11/h7H,2-6H2,1H3,(H,13,16). The van der Waals surface area contributed by atoms with Crippen LogP contribution in [0.25, 0.3) is 0 Å². The molecule has 0 aliphatic carbocycles. The Morgan fingerprint density at radius 3 is 2.94 bits per heavy atom. The van der Waals surface area contributed by atoms with E-state index in [0.717, 1.165) is 18.7 Å². The first-order valence-electron chi connectivity index (χ1n) is 5.15. The Hall–Kier alpha value is -0.820. The molecule has 1 aromatic rings. The molecule has 0 aromatic carbocycles. The van der Waals surface area contributed by atoms with Gasteiger partial charge in [0.2, 0.25) is 0 Å². The number of nitrogens with one attached hydrogen (secondary N) is 1. The van der Waals surface area contributed by atoms with E-state index in [0.29, 0.717) is 11.3 Å². The van der Waals surface area contributed by atoms with Gasteiger partial charge in [-0.15, -0.1) is 0 Å². The van der Waals surface area contributed by atoms with Gasteiger partial charge in [0.1, 0.15) is 12.4 Å². The summed E-state index contributed by atoms with van der Waals surface area (Å²) in [5, 5.41) is 6.75. The van der Waals surface area contributed by atoms with Crippen molar-refractivity contribution in [2.45, 2.75) is 32.7 Å². The Balaban J connectivity index is 2.46. The number of halogens is 2. The monoisotopic (exact) mass is 251 g/mol. The average Bonchev–Trinajstić information content (AvgIpc) is 2.56. The van der Waals surface area contributed by atoms with Crippen LogP contribution in [0, 0.1) is 4.77 Å². The van der Waals surface area contributed by atoms with Crippen molar-refractivity contribution in [3.63, 3.8) is 0 Å². The number of hydrogen-bond acceptors (Lipinski definition) is 3. The second kappa shape index (κ2) is 6.70. The molecule has 1 aromatic heterocycles. The van der Waals surface area contributed by atoms with Crippen LogP contribution in [-0.4, -0.2) is 34.4 Å². The number of aromatic amines is 1. The molecule has 16 heavy (non-hydrogen) atoms. The summed E-state index contributed by atoms with van der Waals surface area (Å²) in [5.41, 5.74) is 0. The van der Waals surface area contributed by atoms with Crippen LogP contribution in [0.4, 0.5) is 8.78 Å². The van der Waals surface area contributed by atoms with Crippen LogP contribution in [0.2, 0.25) is 0 Å². The fourth-order valence-electron chi connectivity index (χ4n) is 1.32. The number of ether oxygens (including phenoxy) is 1. The highest BCUT2D eigenvalue weighted by atomic mass is 32.1. The molecule has 0 atom stereocenters. The third kappa shape index (κ3) is 3.97. The minimum Gasteiger partial charge on any atom is -0.374 e. The average molecular weight is 251 g/mol. The smallest absolute Gasteiger partial charge is 0.261 e. The highest BCUT2D eigenvalue weighted by Crippen LogP contribution is 2.02. The van der Waals surface area contributed by atoms with E-state index >= 15 is 0 Å². The van der Waals surface area contributed by atoms with Gasteiger partial charge in [-0.25, -0.2) is 8.78 Å². The molecule has 1 N–H and O–H groups in total. The number of nitrogens with zero attached hydrogens (tertiary/aromatic N) is 2. The molecule has 1 heterocycles. The Bertz CT molecular complexity index is 364. The molecule has 92 valence electrons. The SMILES string of the molecule is CCCc1n[nH]c(=S)n1CCOCC(F)F. The molecule has 0 aliphatic heterocycles. The minimum absolute atomic E-state index is 0.217. The summed E-state index contributed by atoms with van der Waals surface area (Å²) in [7, 11) is 0. The Morgan fingerprint density at radius 2 is 2.31 bits per heavy atom. The summed E-state index contributed by atoms with van der Waals surface area (Å²) >= 11 is 5.03. The predicted molar refractivity (Wildman–Crippen MR) is 58.2 cm³/mol. The normalized spacial score (nSPS) is 11.2. The number of H-pyrrole nitrogens is 1. The first-order valence-corrected chi connectivity index (χ1v) is 5.56. The third-order valence-corrected chi connectivity index (χ3v) is 2.33. The number of aryl methyl sites for hydroxylation is 1. The van der Waals surface area contributed by atoms with E-state index in [4.69, 9.17) is 17.0 Å². The van der Waals surface area contributed by atoms with Gasteiger partial charge in [0.15, 0.2) is 4.77 Å². The van der Waals surface area contributed by atoms with Crippen LogP contribution < -0.4 is 0 Å². The zero-order valence-corrected chi connectivity index (χ0v) is 9.90. The lowest BCUT2D eigenvalue weighted by atomic mass is 10.3. The quantitative estimate of drug-likeness (QED) is 0.596. The van der Waals surface area contributed by atoms with Crippen molar-refractivity contribution in [2.24, 2.45) is 0 Å². The molecule has 0 unspecified atom stereocenters. The molecule has 0 amide bonds. The lowest BCUT2D eigenvalue weighted by Gasteiger charge is -2.06. The van der Waals surface area contributed by atoms with Gasteiger partial charge in [-0.2, -0.15) is 5.10 Å². The van der Waals surface area contributed by atoms with E-state index in [9.17, 15) is 8.78 Å². The lowest BCUT2D eigenvalue weighted by Crippen LogP contribution is -2.12. The summed E-state index contributed by atoms with van der Waals surface area (Å²) in [6.07, 6.45) is -0.660. The van der Waals surface area contributed by atoms with E-state index in [1.54, 1.807) is 4.57 Å². The van der Waals surface area contributed by atoms with Crippen molar-refractivity contribution in [3.8, 4) is 0 Å². The topological polar surface area (TPSA) is 42.8 Å². The molecule has 0 fully saturated rings. The van der Waals surface area contributed by atoms with Gasteiger partial charge in [0.05, 0.1) is 13.2 Å². The fourth-order valence-corrected chi connectivity index (χ4v) is 1.57. The van der Waals surface area contributed by atoms with E-state index < -0.39 is 13.0 Å². The maximum Gasteiger partial charge on any atom is 0.261 e. The Morgan fingerprint density at radius 1 is 1.56 bits per heavy atom. The van der Waals surface area contributed by atoms with Crippen LogP contribution in [0.5, 0.6) is 0 Å². The zero-order chi connectivity index (χ0) is 12.0. The number of rotatable bonds is 7. The van der Waals surface area contributed by atoms with Crippen molar-refractivity contribution in [1.82, 2.24) is 14.8 Å². The summed E-state index contributed by atoms with van der Waals surface area (Å²) in [5.74, 6) is 0.841. The molecule has 0 spiro atoms. The molecular formula is C9H15F2N3OS. The minimum atomic E-state index is -2.42. The number of alkyl halides is 2. The predicted octanol–water partition coefficient (Wildman–Crippen LogP) is 2.17. The third-order valence-electron chi connectivity index (χ3n) is 2.01. The van der Waals surface area contributed by atoms with E-state index in [-0.39, 0.29) is 6.61 Å². The van der Waals surface area contributed by atoms with Crippen molar-refractivity contribution < 1.29 is 13.5 Å². The summed E-state index contributed by atoms with van der Waals surface area (Å²) in [6.45, 7) is 2.18. The van der Waals surface area contributed by atoms with Crippen molar-refractivity contribution in [2.75, 3.05) is 13.2 Å². The van der Waals surface area contributed by atoms with Crippen LogP contribution >= 0.6 is 12.2 Å². The van der Waals surface area contributed by atoms with Gasteiger partial charge < -0.3 is 9.30 Å². The molecule has 7 heteroatoms. The summed E-state index contributed by atoms with van der Waals surface area (Å²) in [6, 6.07) is 0. The maximum atomic E-state index is 11.8. The van der Waals surface area contributed by atoms with Gasteiger partial charge in [0.25, 0.3) is 6.43 Å². The number of aromatic nitrogens is 3. The molecule has 0 saturated carbocycles. The van der Waals surface area contributed by atoms with E-state index in [2.05, 4.69) is 10.2 Å². The van der Waals surface area contributed by atoms with Gasteiger partial charge in [-0.1, -0.05) is 6.92 Å². The first kappa shape index (κ1) is 13.2. The van der Waals surface area contributed by atoms with Crippen molar-refractivity contribution in [3.05, 3.63) is 10.6 Å². The van der Waals surface area contributed by atoms with Gasteiger partial charge in [0, 0.05) is 6.42 Å². The molecule has 0 radical (unpaired) electrons. The molecule has 4 nitrogen and oxygen atoms in total. The van der Waals surface area contributed by atoms with Gasteiger partial charge in [-0.3, -0.25) is 5.10 Å². The Kier molecular flexibility index (Phi) is 5.54. The van der Waals surface area contributed by atoms with E-state index in [1.807, 2.05) is 6.92 Å². The molecule has 0 aliphatic rings. The van der Waals surface area contributed by atoms with Crippen LogP contribution in [0.3, 0.4) is 0 Å². The lowest BCUT2D eigenvalue weighted by molar-refractivity contribution is 0.0145. The van der Waals surface area contributed by atoms with Crippen LogP contribution in [0.1, 0.15) is 19.2 Å². The summed E-state index contributed by atoms with van der Waals surface area (Å²) < 4.78 is 30.7. The second-order valence-corrected chi connectivity index (χ2v) is 3.70. The zero-order valence-electron chi connectivity index (χ0n) is 9.08. The fraction of sp³-hybridized carbons (Fsp3) is 0.778. The Labute approximate surface area is 97.6 Å². The maximum absolute atomic E-state index is 11.8. The van der Waals surface area contributed by atoms with Crippen LogP contribution in [0.15, 0.2) is 0 Å². The van der Waals surface area contributed by atoms with Crippen molar-refractivity contribution in [1.29, 1.82) is 0 Å². The second-order valence-electron chi connectivity index (χ2n) is 3.31.